The monoisotopic (exact) mass is 1880 g/mol. The van der Waals surface area contributed by atoms with Crippen LogP contribution in [0, 0.1) is 59.6 Å². The van der Waals surface area contributed by atoms with Crippen LogP contribution < -0.4 is 0 Å². The molecule has 133 heavy (non-hydrogen) atoms. The SMILES string of the molecule is CCC(C)(CC(C)(CC(C)(CC(C)(CC(C)(CC(C)(CC(C)(CC(C)(CC(C)(CC(C)(CC(C)(C)C(=O)O[Si](C)(C)C)C(=O)O[Si](C)(C)C)C(=O)O[Si](C)(C)C)C(=O)OCC1CO1)C(=O)OCc1ccccc1)C(=O)OCc1ccccc1)C(=O)OCc1ccccc1)C(=O)OCc1ccccc1)C(=O)OCc1ccccc1)C(=O)OCc1ccccc1)C(=O)OCc1ccccc1. The van der Waals surface area contributed by atoms with E-state index in [-0.39, 0.29) is 78.7 Å². The summed E-state index contributed by atoms with van der Waals surface area (Å²) in [7, 11) is -8.39. The zero-order valence-electron chi connectivity index (χ0n) is 82.3. The number of esters is 8. The molecule has 1 heterocycles. The van der Waals surface area contributed by atoms with Crippen LogP contribution in [0.15, 0.2) is 212 Å². The molecule has 1 aliphatic heterocycles. The summed E-state index contributed by atoms with van der Waals surface area (Å²) in [4.78, 5) is 177. The molecule has 1 saturated heterocycles. The average molecular weight is 1880 g/mol. The number of carbonyl (C=O) groups is 11. The fourth-order valence-electron chi connectivity index (χ4n) is 19.0. The molecule has 0 saturated carbocycles. The van der Waals surface area contributed by atoms with Gasteiger partial charge < -0.3 is 55.9 Å². The first kappa shape index (κ1) is 108. The van der Waals surface area contributed by atoms with Gasteiger partial charge in [-0.05, 0) is 252 Å². The van der Waals surface area contributed by atoms with E-state index in [0.29, 0.717) is 38.9 Å². The Hall–Kier alpha value is -10.7. The van der Waals surface area contributed by atoms with Gasteiger partial charge >= 0.3 is 47.8 Å². The molecule has 0 bridgehead atoms. The van der Waals surface area contributed by atoms with Crippen molar-refractivity contribution in [3.05, 3.63) is 251 Å². The number of hydrogen-bond acceptors (Lipinski definition) is 23. The minimum atomic E-state index is -2.98. The molecule has 0 N–H and O–H groups in total. The van der Waals surface area contributed by atoms with E-state index in [2.05, 4.69) is 0 Å². The molecule has 1 aliphatic rings. The van der Waals surface area contributed by atoms with Gasteiger partial charge in [-0.15, -0.1) is 0 Å². The van der Waals surface area contributed by atoms with E-state index in [1.807, 2.05) is 95.3 Å². The van der Waals surface area contributed by atoms with Gasteiger partial charge in [-0.1, -0.05) is 219 Å². The van der Waals surface area contributed by atoms with Gasteiger partial charge in [-0.3, -0.25) is 52.7 Å². The van der Waals surface area contributed by atoms with Gasteiger partial charge in [0.25, 0.3) is 17.9 Å². The van der Waals surface area contributed by atoms with Gasteiger partial charge in [0, 0.05) is 0 Å². The van der Waals surface area contributed by atoms with Crippen molar-refractivity contribution in [1.29, 1.82) is 0 Å². The maximum absolute atomic E-state index is 16.8. The normalized spacial score (nSPS) is 17.4. The first-order chi connectivity index (χ1) is 62.0. The van der Waals surface area contributed by atoms with Crippen LogP contribution >= 0.6 is 0 Å². The van der Waals surface area contributed by atoms with Crippen LogP contribution in [0.2, 0.25) is 58.9 Å². The summed E-state index contributed by atoms with van der Waals surface area (Å²) in [5.41, 5.74) is -17.3. The lowest BCUT2D eigenvalue weighted by Crippen LogP contribution is -2.52. The summed E-state index contributed by atoms with van der Waals surface area (Å²) in [5.74, 6) is -9.30. The van der Waals surface area contributed by atoms with Crippen molar-refractivity contribution < 1.29 is 109 Å². The highest BCUT2D eigenvalue weighted by Gasteiger charge is 2.62. The number of rotatable bonds is 51. The van der Waals surface area contributed by atoms with E-state index >= 15 is 47.9 Å². The van der Waals surface area contributed by atoms with Crippen LogP contribution in [0.25, 0.3) is 0 Å². The van der Waals surface area contributed by atoms with E-state index in [4.69, 9.17) is 55.9 Å². The summed E-state index contributed by atoms with van der Waals surface area (Å²) in [6, 6.07) is 62.2. The predicted molar refractivity (Wildman–Crippen MR) is 514 cm³/mol. The third-order valence-electron chi connectivity index (χ3n) is 24.6. The van der Waals surface area contributed by atoms with Gasteiger partial charge in [0.2, 0.25) is 25.0 Å². The molecule has 0 amide bonds. The quantitative estimate of drug-likeness (QED) is 0.0148. The molecular weight excluding hydrogens is 1740 g/mol. The smallest absolute Gasteiger partial charge is 0.312 e. The van der Waals surface area contributed by atoms with Crippen LogP contribution in [0.1, 0.15) is 200 Å². The molecule has 0 aliphatic carbocycles. The number of carbonyl (C=O) groups excluding carboxylic acids is 11. The Bertz CT molecular complexity index is 5080. The van der Waals surface area contributed by atoms with Crippen molar-refractivity contribution in [2.75, 3.05) is 13.2 Å². The second-order valence-corrected chi connectivity index (χ2v) is 56.4. The lowest BCUT2D eigenvalue weighted by Gasteiger charge is -2.48. The van der Waals surface area contributed by atoms with E-state index in [1.54, 1.807) is 231 Å². The maximum Gasteiger partial charge on any atom is 0.312 e. The molecule has 26 heteroatoms. The van der Waals surface area contributed by atoms with Crippen LogP contribution in [0.4, 0.5) is 0 Å². The van der Waals surface area contributed by atoms with Crippen LogP contribution in [-0.4, -0.2) is 110 Å². The second kappa shape index (κ2) is 45.1. The van der Waals surface area contributed by atoms with Gasteiger partial charge in [0.1, 0.15) is 59.0 Å². The summed E-state index contributed by atoms with van der Waals surface area (Å²) in [5, 5.41) is 0. The molecule has 11 unspecified atom stereocenters. The topological polar surface area (TPSA) is 302 Å². The Morgan fingerprint density at radius 3 is 0.579 bits per heavy atom. The third kappa shape index (κ3) is 32.0. The lowest BCUT2D eigenvalue weighted by molar-refractivity contribution is -0.178. The van der Waals surface area contributed by atoms with Crippen molar-refractivity contribution >= 4 is 90.6 Å². The molecule has 7 aromatic carbocycles. The minimum Gasteiger partial charge on any atom is -0.519 e. The van der Waals surface area contributed by atoms with Gasteiger partial charge in [0.05, 0.1) is 66.2 Å². The van der Waals surface area contributed by atoms with Crippen molar-refractivity contribution in [1.82, 2.24) is 0 Å². The van der Waals surface area contributed by atoms with E-state index < -0.39 is 208 Å². The summed E-state index contributed by atoms with van der Waals surface area (Å²) in [6.45, 7) is 35.3. The van der Waals surface area contributed by atoms with Crippen molar-refractivity contribution in [2.24, 2.45) is 59.6 Å². The molecule has 0 aromatic heterocycles. The molecule has 0 spiro atoms. The van der Waals surface area contributed by atoms with E-state index in [0.717, 1.165) is 0 Å². The summed E-state index contributed by atoms with van der Waals surface area (Å²) < 4.78 is 76.3. The number of benzene rings is 7. The molecule has 0 radical (unpaired) electrons. The van der Waals surface area contributed by atoms with Crippen LogP contribution in [0.5, 0.6) is 0 Å². The zero-order chi connectivity index (χ0) is 98.3. The first-order valence-electron chi connectivity index (χ1n) is 46.0. The third-order valence-corrected chi connectivity index (χ3v) is 27.0. The molecule has 11 atom stereocenters. The van der Waals surface area contributed by atoms with Gasteiger partial charge in [0.15, 0.2) is 0 Å². The largest absolute Gasteiger partial charge is 0.519 e. The van der Waals surface area contributed by atoms with Crippen LogP contribution in [-0.2, 0) is 155 Å². The fourth-order valence-corrected chi connectivity index (χ4v) is 21.4. The van der Waals surface area contributed by atoms with E-state index in [9.17, 15) is 4.79 Å². The highest BCUT2D eigenvalue weighted by molar-refractivity contribution is 6.72. The number of epoxide rings is 1. The first-order valence-corrected chi connectivity index (χ1v) is 56.2. The molecule has 1 fully saturated rings. The molecule has 7 aromatic rings. The Balaban J connectivity index is 1.41. The Kier molecular flexibility index (Phi) is 36.5. The van der Waals surface area contributed by atoms with Gasteiger partial charge in [-0.25, -0.2) is 0 Å². The van der Waals surface area contributed by atoms with Crippen molar-refractivity contribution in [2.45, 2.75) is 272 Å². The van der Waals surface area contributed by atoms with Crippen LogP contribution in [0.3, 0.4) is 0 Å². The number of ether oxygens (including phenoxy) is 9. The zero-order valence-corrected chi connectivity index (χ0v) is 85.3. The standard InChI is InChI=1S/C107H142O23Si3/c1-23-98(4,87(109)120-59-78-45-31-24-32-46-78)69-100(6,88(110)121-60-79-47-33-25-34-48-79)71-101(7,89(111)122-61-80-49-35-26-36-50-80)72-102(8,90(112)123-62-81-51-37-27-38-52-81)73-103(9,91(113)124-63-82-53-39-28-40-54-82)74-104(10,92(114)125-64-83-55-41-29-42-56-83)75-105(11,93(115)126-65-84-57-43-30-44-58-84)76-106(12,94(116)127-67-85-66-119-85)77-107(13,96(118)130-133(20,21)22)70-99(5,95(117)129-132(17,18)19)68-97(2,3)86(108)128-131(14,15)16/h24-58,85H,23,59-77H2,1-22H3. The van der Waals surface area contributed by atoms with Crippen molar-refractivity contribution in [3.8, 4) is 0 Å². The fraction of sp³-hybridized carbons (Fsp3) is 0.505. The minimum absolute atomic E-state index is 0.105. The number of hydrogen-bond donors (Lipinski definition) is 0. The Morgan fingerprint density at radius 1 is 0.241 bits per heavy atom. The summed E-state index contributed by atoms with van der Waals surface area (Å²) >= 11 is 0. The lowest BCUT2D eigenvalue weighted by atomic mass is 9.56. The molecular formula is C107H142O23Si3. The Labute approximate surface area is 790 Å². The predicted octanol–water partition coefficient (Wildman–Crippen LogP) is 21.7. The summed E-state index contributed by atoms with van der Waals surface area (Å²) in [6.07, 6.45) is -5.62. The average Bonchev–Trinajstić information content (AvgIpc) is 1.73. The van der Waals surface area contributed by atoms with E-state index in [1.165, 1.54) is 34.6 Å². The molecule has 720 valence electrons. The Morgan fingerprint density at radius 2 is 0.398 bits per heavy atom. The highest BCUT2D eigenvalue weighted by Crippen LogP contribution is 2.59. The molecule has 23 nitrogen and oxygen atoms in total. The second-order valence-electron chi connectivity index (χ2n) is 43.1. The molecule has 8 rings (SSSR count). The van der Waals surface area contributed by atoms with Crippen molar-refractivity contribution in [3.63, 3.8) is 0 Å². The maximum atomic E-state index is 16.8. The van der Waals surface area contributed by atoms with Gasteiger partial charge in [-0.2, -0.15) is 0 Å². The highest BCUT2D eigenvalue weighted by atomic mass is 28.4.